The highest BCUT2D eigenvalue weighted by Crippen LogP contribution is 2.50. The van der Waals surface area contributed by atoms with Crippen molar-refractivity contribution in [3.8, 4) is 0 Å². The maximum atomic E-state index is 9.41. The average Bonchev–Trinajstić information content (AvgIpc) is 2.95. The fourth-order valence-corrected chi connectivity index (χ4v) is 5.93. The van der Waals surface area contributed by atoms with Gasteiger partial charge < -0.3 is 19.0 Å². The molecule has 0 aromatic rings. The number of hydrogen-bond acceptors (Lipinski definition) is 4. The van der Waals surface area contributed by atoms with Gasteiger partial charge in [-0.15, -0.1) is 0 Å². The van der Waals surface area contributed by atoms with Crippen LogP contribution in [0.1, 0.15) is 59.3 Å². The van der Waals surface area contributed by atoms with Crippen molar-refractivity contribution in [2.45, 2.75) is 89.6 Å². The molecule has 25 heavy (non-hydrogen) atoms. The van der Waals surface area contributed by atoms with Crippen molar-refractivity contribution in [1.29, 1.82) is 0 Å². The van der Waals surface area contributed by atoms with Crippen LogP contribution in [0, 0.1) is 17.8 Å². The third kappa shape index (κ3) is 5.29. The van der Waals surface area contributed by atoms with Crippen molar-refractivity contribution in [1.82, 2.24) is 0 Å². The van der Waals surface area contributed by atoms with Gasteiger partial charge in [0.1, 0.15) is 6.79 Å². The number of fused-ring (bicyclic) bond motifs is 1. The van der Waals surface area contributed by atoms with E-state index in [1.807, 2.05) is 0 Å². The van der Waals surface area contributed by atoms with E-state index in [2.05, 4.69) is 33.9 Å². The van der Waals surface area contributed by atoms with Crippen LogP contribution in [0.25, 0.3) is 0 Å². The maximum absolute atomic E-state index is 9.41. The third-order valence-corrected chi connectivity index (χ3v) is 11.4. The van der Waals surface area contributed by atoms with Crippen molar-refractivity contribution in [3.05, 3.63) is 0 Å². The van der Waals surface area contributed by atoms with E-state index in [9.17, 15) is 5.11 Å². The highest BCUT2D eigenvalue weighted by molar-refractivity contribution is 6.74. The Kier molecular flexibility index (Phi) is 7.54. The summed E-state index contributed by atoms with van der Waals surface area (Å²) in [6, 6.07) is 0. The van der Waals surface area contributed by atoms with E-state index in [4.69, 9.17) is 13.9 Å². The normalized spacial score (nSPS) is 31.8. The lowest BCUT2D eigenvalue weighted by Crippen LogP contribution is -2.47. The van der Waals surface area contributed by atoms with Crippen molar-refractivity contribution in [3.63, 3.8) is 0 Å². The van der Waals surface area contributed by atoms with Crippen molar-refractivity contribution < 1.29 is 19.0 Å². The molecule has 0 bridgehead atoms. The lowest BCUT2D eigenvalue weighted by atomic mass is 9.80. The van der Waals surface area contributed by atoms with Crippen LogP contribution >= 0.6 is 0 Å². The first kappa shape index (κ1) is 21.4. The van der Waals surface area contributed by atoms with Crippen LogP contribution in [0.15, 0.2) is 0 Å². The number of methoxy groups -OCH3 is 1. The van der Waals surface area contributed by atoms with E-state index < -0.39 is 8.32 Å². The number of aliphatic hydroxyl groups excluding tert-OH is 1. The van der Waals surface area contributed by atoms with E-state index in [0.29, 0.717) is 31.2 Å². The van der Waals surface area contributed by atoms with Gasteiger partial charge in [-0.1, -0.05) is 27.2 Å². The van der Waals surface area contributed by atoms with Gasteiger partial charge in [0.05, 0.1) is 6.10 Å². The molecular formula is C20H40O4Si. The largest absolute Gasteiger partial charge is 0.414 e. The molecule has 5 heteroatoms. The number of hydrogen-bond donors (Lipinski definition) is 1. The Bertz CT molecular complexity index is 407. The summed E-state index contributed by atoms with van der Waals surface area (Å²) in [6.45, 7) is 12.2. The smallest absolute Gasteiger partial charge is 0.192 e. The summed E-state index contributed by atoms with van der Waals surface area (Å²) in [7, 11) is -0.0686. The van der Waals surface area contributed by atoms with Gasteiger partial charge in [-0.25, -0.2) is 0 Å². The fourth-order valence-electron chi connectivity index (χ4n) is 4.53. The third-order valence-electron chi connectivity index (χ3n) is 6.92. The molecule has 0 heterocycles. The molecule has 2 fully saturated rings. The average molecular weight is 373 g/mol. The standard InChI is InChI=1S/C20H40O4Si/c1-20(2,3)25(5,6)24-19-9-7-8-15-12-16(13-17(15)19)18(10-11-21)23-14-22-4/h15-19,21H,7-14H2,1-6H3/t15-,16+,17+,18?,19-/m0/s1. The quantitative estimate of drug-likeness (QED) is 0.501. The van der Waals surface area contributed by atoms with Crippen LogP contribution in [0.3, 0.4) is 0 Å². The Balaban J connectivity index is 2.03. The SMILES string of the molecule is COCOC(CCO)[C@@H]1C[C@@H]2CCC[C@H](O[Si](C)(C)C(C)(C)C)[C@@H]2C1. The minimum absolute atomic E-state index is 0.115. The highest BCUT2D eigenvalue weighted by atomic mass is 28.4. The second-order valence-electron chi connectivity index (χ2n) is 9.63. The predicted octanol–water partition coefficient (Wildman–Crippen LogP) is 4.57. The van der Waals surface area contributed by atoms with E-state index in [1.54, 1.807) is 7.11 Å². The lowest BCUT2D eigenvalue weighted by Gasteiger charge is -2.44. The number of rotatable bonds is 8. The molecule has 0 radical (unpaired) electrons. The van der Waals surface area contributed by atoms with Gasteiger partial charge in [0.25, 0.3) is 0 Å². The summed E-state index contributed by atoms with van der Waals surface area (Å²) in [5.41, 5.74) is 0. The van der Waals surface area contributed by atoms with Gasteiger partial charge in [-0.05, 0) is 68.0 Å². The first-order valence-corrected chi connectivity index (χ1v) is 13.0. The summed E-state index contributed by atoms with van der Waals surface area (Å²) in [5, 5.41) is 9.67. The molecule has 0 aromatic carbocycles. The van der Waals surface area contributed by atoms with Crippen LogP contribution in [0.4, 0.5) is 0 Å². The first-order valence-electron chi connectivity index (χ1n) is 10.1. The van der Waals surface area contributed by atoms with Crippen molar-refractivity contribution in [2.24, 2.45) is 17.8 Å². The molecule has 2 saturated carbocycles. The fraction of sp³-hybridized carbons (Fsp3) is 1.00. The summed E-state index contributed by atoms with van der Waals surface area (Å²) >= 11 is 0. The Hall–Kier alpha value is 0.0569. The minimum Gasteiger partial charge on any atom is -0.414 e. The minimum atomic E-state index is -1.73. The number of aliphatic hydroxyl groups is 1. The Morgan fingerprint density at radius 1 is 1.16 bits per heavy atom. The zero-order valence-electron chi connectivity index (χ0n) is 17.2. The Morgan fingerprint density at radius 2 is 1.88 bits per heavy atom. The van der Waals surface area contributed by atoms with Gasteiger partial charge in [0.2, 0.25) is 0 Å². The van der Waals surface area contributed by atoms with Crippen LogP contribution in [0.5, 0.6) is 0 Å². The first-order chi connectivity index (χ1) is 11.7. The molecule has 1 unspecified atom stereocenters. The molecule has 2 aliphatic carbocycles. The van der Waals surface area contributed by atoms with Crippen LogP contribution < -0.4 is 0 Å². The Morgan fingerprint density at radius 3 is 2.48 bits per heavy atom. The predicted molar refractivity (Wildman–Crippen MR) is 104 cm³/mol. The van der Waals surface area contributed by atoms with Gasteiger partial charge in [0, 0.05) is 19.8 Å². The Labute approximate surface area is 155 Å². The maximum Gasteiger partial charge on any atom is 0.192 e. The summed E-state index contributed by atoms with van der Waals surface area (Å²) in [5.74, 6) is 1.96. The van der Waals surface area contributed by atoms with E-state index >= 15 is 0 Å². The van der Waals surface area contributed by atoms with E-state index in [1.165, 1.54) is 32.1 Å². The number of ether oxygens (including phenoxy) is 2. The van der Waals surface area contributed by atoms with E-state index in [0.717, 1.165) is 5.92 Å². The molecule has 4 nitrogen and oxygen atoms in total. The molecule has 0 spiro atoms. The lowest BCUT2D eigenvalue weighted by molar-refractivity contribution is -0.0975. The molecule has 0 saturated heterocycles. The molecule has 2 rings (SSSR count). The van der Waals surface area contributed by atoms with Gasteiger partial charge in [-0.3, -0.25) is 0 Å². The second-order valence-corrected chi connectivity index (χ2v) is 14.4. The van der Waals surface area contributed by atoms with Crippen LogP contribution in [0.2, 0.25) is 18.1 Å². The second kappa shape index (κ2) is 8.83. The molecule has 0 aliphatic heterocycles. The molecular weight excluding hydrogens is 332 g/mol. The van der Waals surface area contributed by atoms with Crippen LogP contribution in [-0.4, -0.2) is 46.1 Å². The summed E-state index contributed by atoms with van der Waals surface area (Å²) < 4.78 is 17.8. The summed E-state index contributed by atoms with van der Waals surface area (Å²) in [6.07, 6.45) is 7.47. The molecule has 0 amide bonds. The zero-order chi connectivity index (χ0) is 18.7. The zero-order valence-corrected chi connectivity index (χ0v) is 18.2. The molecule has 5 atom stereocenters. The van der Waals surface area contributed by atoms with Crippen molar-refractivity contribution in [2.75, 3.05) is 20.5 Å². The van der Waals surface area contributed by atoms with Gasteiger partial charge in [0.15, 0.2) is 8.32 Å². The monoisotopic (exact) mass is 372 g/mol. The molecule has 0 aromatic heterocycles. The molecule has 1 N–H and O–H groups in total. The molecule has 148 valence electrons. The van der Waals surface area contributed by atoms with Crippen LogP contribution in [-0.2, 0) is 13.9 Å². The van der Waals surface area contributed by atoms with E-state index in [-0.39, 0.29) is 17.7 Å². The highest BCUT2D eigenvalue weighted by Gasteiger charge is 2.47. The van der Waals surface area contributed by atoms with Gasteiger partial charge >= 0.3 is 0 Å². The summed E-state index contributed by atoms with van der Waals surface area (Å²) in [4.78, 5) is 0. The topological polar surface area (TPSA) is 47.9 Å². The van der Waals surface area contributed by atoms with Gasteiger partial charge in [-0.2, -0.15) is 0 Å². The van der Waals surface area contributed by atoms with Crippen molar-refractivity contribution >= 4 is 8.32 Å². The molecule has 2 aliphatic rings.